The van der Waals surface area contributed by atoms with Gasteiger partial charge >= 0.3 is 0 Å². The highest BCUT2D eigenvalue weighted by Crippen LogP contribution is 2.37. The van der Waals surface area contributed by atoms with E-state index in [2.05, 4.69) is 25.7 Å². The van der Waals surface area contributed by atoms with E-state index < -0.39 is 10.0 Å². The molecule has 4 N–H and O–H groups in total. The molecular weight excluding hydrogens is 504 g/mol. The van der Waals surface area contributed by atoms with Crippen LogP contribution in [0.15, 0.2) is 78.2 Å². The van der Waals surface area contributed by atoms with Gasteiger partial charge in [-0.2, -0.15) is 5.10 Å². The van der Waals surface area contributed by atoms with E-state index >= 15 is 0 Å². The second-order valence-corrected chi connectivity index (χ2v) is 10.1. The number of sulfonamides is 1. The van der Waals surface area contributed by atoms with E-state index in [4.69, 9.17) is 14.9 Å². The summed E-state index contributed by atoms with van der Waals surface area (Å²) in [5.41, 5.74) is 5.02. The molecule has 0 aliphatic carbocycles. The number of nitrogens with one attached hydrogen (secondary N) is 2. The Hall–Kier alpha value is -4.39. The monoisotopic (exact) mass is 530 g/mol. The van der Waals surface area contributed by atoms with Gasteiger partial charge in [0.1, 0.15) is 5.82 Å². The van der Waals surface area contributed by atoms with Gasteiger partial charge in [0.15, 0.2) is 0 Å². The number of benzene rings is 2. The van der Waals surface area contributed by atoms with E-state index in [1.54, 1.807) is 30.1 Å². The molecule has 0 spiro atoms. The Bertz CT molecular complexity index is 1680. The molecule has 194 valence electrons. The largest absolute Gasteiger partial charge is 0.383 e. The normalized spacial score (nSPS) is 11.6. The second kappa shape index (κ2) is 10.5. The van der Waals surface area contributed by atoms with Crippen LogP contribution in [0.2, 0.25) is 0 Å². The number of anilines is 3. The maximum atomic E-state index is 11.6. The predicted molar refractivity (Wildman–Crippen MR) is 146 cm³/mol. The zero-order valence-electron chi connectivity index (χ0n) is 20.8. The van der Waals surface area contributed by atoms with Crippen molar-refractivity contribution >= 4 is 38.4 Å². The van der Waals surface area contributed by atoms with Crippen LogP contribution in [-0.4, -0.2) is 53.4 Å². The van der Waals surface area contributed by atoms with Gasteiger partial charge in [0.05, 0.1) is 23.2 Å². The molecule has 38 heavy (non-hydrogen) atoms. The van der Waals surface area contributed by atoms with Gasteiger partial charge in [0.2, 0.25) is 16.0 Å². The molecule has 3 aromatic heterocycles. The van der Waals surface area contributed by atoms with Crippen molar-refractivity contribution in [1.82, 2.24) is 24.7 Å². The Kier molecular flexibility index (Phi) is 7.01. The van der Waals surface area contributed by atoms with Gasteiger partial charge in [-0.15, -0.1) is 0 Å². The lowest BCUT2D eigenvalue weighted by Crippen LogP contribution is -2.11. The van der Waals surface area contributed by atoms with Crippen LogP contribution >= 0.6 is 0 Å². The summed E-state index contributed by atoms with van der Waals surface area (Å²) in [5.74, 6) is 1.10. The Morgan fingerprint density at radius 1 is 0.974 bits per heavy atom. The number of fused-ring (bicyclic) bond motifs is 1. The summed E-state index contributed by atoms with van der Waals surface area (Å²) in [4.78, 5) is 13.9. The topological polar surface area (TPSA) is 150 Å². The third-order valence-corrected chi connectivity index (χ3v) is 6.80. The maximum Gasteiger partial charge on any atom is 0.238 e. The standard InChI is InChI=1S/C26H26N8O3S/c1-34-16-19(15-31-34)22-9-3-18-14-30-26(32-20-5-7-21(8-6-20)38(27,35)36)33-25(18)24(22)17-4-10-23(29-13-17)28-11-12-37-2/h3-10,13-16H,11-12H2,1-2H3,(H,28,29)(H2,27,35,36)(H,30,32,33). The molecule has 0 aliphatic rings. The highest BCUT2D eigenvalue weighted by Gasteiger charge is 2.16. The van der Waals surface area contributed by atoms with E-state index in [-0.39, 0.29) is 4.90 Å². The quantitative estimate of drug-likeness (QED) is 0.243. The van der Waals surface area contributed by atoms with Gasteiger partial charge < -0.3 is 15.4 Å². The van der Waals surface area contributed by atoms with Gasteiger partial charge in [-0.05, 0) is 42.0 Å². The van der Waals surface area contributed by atoms with Crippen molar-refractivity contribution in [3.05, 3.63) is 73.3 Å². The molecule has 11 nitrogen and oxygen atoms in total. The fourth-order valence-corrected chi connectivity index (χ4v) is 4.55. The van der Waals surface area contributed by atoms with E-state index in [0.29, 0.717) is 24.8 Å². The van der Waals surface area contributed by atoms with Crippen LogP contribution in [0.1, 0.15) is 0 Å². The number of hydrogen-bond donors (Lipinski definition) is 3. The molecule has 2 aromatic carbocycles. The third-order valence-electron chi connectivity index (χ3n) is 5.87. The number of methoxy groups -OCH3 is 1. The molecule has 5 aromatic rings. The molecule has 0 saturated heterocycles. The van der Waals surface area contributed by atoms with Crippen molar-refractivity contribution in [2.45, 2.75) is 4.90 Å². The molecule has 0 aliphatic heterocycles. The molecule has 0 radical (unpaired) electrons. The van der Waals surface area contributed by atoms with Crippen LogP contribution in [0.25, 0.3) is 33.2 Å². The van der Waals surface area contributed by atoms with Crippen molar-refractivity contribution in [2.75, 3.05) is 30.9 Å². The Morgan fingerprint density at radius 3 is 2.45 bits per heavy atom. The molecule has 0 fully saturated rings. The first kappa shape index (κ1) is 25.3. The molecule has 0 unspecified atom stereocenters. The number of aryl methyl sites for hydroxylation is 1. The average molecular weight is 531 g/mol. The number of hydrogen-bond acceptors (Lipinski definition) is 9. The molecule has 0 bridgehead atoms. The van der Waals surface area contributed by atoms with E-state index in [1.165, 1.54) is 12.1 Å². The van der Waals surface area contributed by atoms with E-state index in [9.17, 15) is 8.42 Å². The maximum absolute atomic E-state index is 11.6. The van der Waals surface area contributed by atoms with Crippen LogP contribution in [0.5, 0.6) is 0 Å². The molecule has 12 heteroatoms. The van der Waals surface area contributed by atoms with Crippen LogP contribution in [-0.2, 0) is 21.8 Å². The third kappa shape index (κ3) is 5.47. The van der Waals surface area contributed by atoms with Crippen molar-refractivity contribution in [3.8, 4) is 22.3 Å². The molecule has 0 atom stereocenters. The predicted octanol–water partition coefficient (Wildman–Crippen LogP) is 3.54. The Balaban J connectivity index is 1.57. The van der Waals surface area contributed by atoms with Gasteiger partial charge in [-0.1, -0.05) is 12.1 Å². The molecular formula is C26H26N8O3S. The number of ether oxygens (including phenoxy) is 1. The summed E-state index contributed by atoms with van der Waals surface area (Å²) >= 11 is 0. The number of aromatic nitrogens is 5. The van der Waals surface area contributed by atoms with Crippen LogP contribution in [0.4, 0.5) is 17.5 Å². The second-order valence-electron chi connectivity index (χ2n) is 8.57. The van der Waals surface area contributed by atoms with E-state index in [1.807, 2.05) is 49.9 Å². The summed E-state index contributed by atoms with van der Waals surface area (Å²) in [6, 6.07) is 14.0. The first-order chi connectivity index (χ1) is 18.3. The fourth-order valence-electron chi connectivity index (χ4n) is 4.04. The minimum atomic E-state index is -3.78. The highest BCUT2D eigenvalue weighted by molar-refractivity contribution is 7.89. The van der Waals surface area contributed by atoms with Crippen LogP contribution in [0.3, 0.4) is 0 Å². The van der Waals surface area contributed by atoms with Gasteiger partial charge in [-0.25, -0.2) is 28.5 Å². The minimum absolute atomic E-state index is 0.0264. The summed E-state index contributed by atoms with van der Waals surface area (Å²) in [5, 5.41) is 16.8. The molecule has 0 amide bonds. The van der Waals surface area contributed by atoms with Gasteiger partial charge in [0, 0.05) is 67.1 Å². The van der Waals surface area contributed by atoms with Crippen molar-refractivity contribution < 1.29 is 13.2 Å². The van der Waals surface area contributed by atoms with Crippen molar-refractivity contribution in [3.63, 3.8) is 0 Å². The van der Waals surface area contributed by atoms with Gasteiger partial charge in [-0.3, -0.25) is 4.68 Å². The number of nitrogens with two attached hydrogens (primary N) is 1. The lowest BCUT2D eigenvalue weighted by Gasteiger charge is -2.14. The fraction of sp³-hybridized carbons (Fsp3) is 0.154. The Morgan fingerprint density at radius 2 is 1.79 bits per heavy atom. The lowest BCUT2D eigenvalue weighted by molar-refractivity contribution is 0.210. The number of pyridine rings is 1. The van der Waals surface area contributed by atoms with E-state index in [0.717, 1.165) is 39.0 Å². The van der Waals surface area contributed by atoms with Crippen LogP contribution in [0, 0.1) is 0 Å². The Labute approximate surface area is 219 Å². The number of rotatable bonds is 9. The highest BCUT2D eigenvalue weighted by atomic mass is 32.2. The van der Waals surface area contributed by atoms with Crippen molar-refractivity contribution in [1.29, 1.82) is 0 Å². The van der Waals surface area contributed by atoms with Gasteiger partial charge in [0.25, 0.3) is 0 Å². The summed E-state index contributed by atoms with van der Waals surface area (Å²) in [6.07, 6.45) is 7.32. The summed E-state index contributed by atoms with van der Waals surface area (Å²) < 4.78 is 30.0. The van der Waals surface area contributed by atoms with Crippen molar-refractivity contribution in [2.24, 2.45) is 12.2 Å². The zero-order valence-corrected chi connectivity index (χ0v) is 21.6. The number of primary sulfonamides is 1. The SMILES string of the molecule is COCCNc1ccc(-c2c(-c3cnn(C)c3)ccc3cnc(Nc4ccc(S(N)(=O)=O)cc4)nc23)cn1. The summed E-state index contributed by atoms with van der Waals surface area (Å²) in [7, 11) is -0.251. The lowest BCUT2D eigenvalue weighted by atomic mass is 9.94. The van der Waals surface area contributed by atoms with Crippen LogP contribution < -0.4 is 15.8 Å². The molecule has 5 rings (SSSR count). The first-order valence-corrected chi connectivity index (χ1v) is 13.2. The minimum Gasteiger partial charge on any atom is -0.383 e. The molecule has 0 saturated carbocycles. The first-order valence-electron chi connectivity index (χ1n) is 11.7. The average Bonchev–Trinajstić information content (AvgIpc) is 3.34. The summed E-state index contributed by atoms with van der Waals surface area (Å²) in [6.45, 7) is 1.23. The molecule has 3 heterocycles. The smallest absolute Gasteiger partial charge is 0.238 e. The number of nitrogens with zero attached hydrogens (tertiary/aromatic N) is 5. The zero-order chi connectivity index (χ0) is 26.7.